The van der Waals surface area contributed by atoms with E-state index in [9.17, 15) is 27.5 Å². The Balaban J connectivity index is 4.39. The van der Waals surface area contributed by atoms with Gasteiger partial charge >= 0.3 is 6.18 Å². The van der Waals surface area contributed by atoms with Gasteiger partial charge < -0.3 is 19.5 Å². The molecule has 4 nitrogen and oxygen atoms in total. The quantitative estimate of drug-likeness (QED) is 0.510. The van der Waals surface area contributed by atoms with Gasteiger partial charge in [-0.2, -0.15) is 13.2 Å². The number of rotatable bonds is 1. The highest BCUT2D eigenvalue weighted by atomic mass is 31.2. The van der Waals surface area contributed by atoms with Gasteiger partial charge in [-0.1, -0.05) is 0 Å². The Labute approximate surface area is 53.4 Å². The molecule has 0 saturated heterocycles. The molecule has 62 valence electrons. The average molecular weight is 178 g/mol. The lowest BCUT2D eigenvalue weighted by Gasteiger charge is -2.35. The number of hydrogen-bond acceptors (Lipinski definition) is 4. The van der Waals surface area contributed by atoms with Crippen molar-refractivity contribution in [2.75, 3.05) is 0 Å². The summed E-state index contributed by atoms with van der Waals surface area (Å²) < 4.78 is 42.8. The Morgan fingerprint density at radius 1 is 1.40 bits per heavy atom. The highest BCUT2D eigenvalue weighted by Gasteiger charge is 2.40. The van der Waals surface area contributed by atoms with E-state index < -0.39 is 19.6 Å². The summed E-state index contributed by atoms with van der Waals surface area (Å²) in [5.41, 5.74) is 0. The first kappa shape index (κ1) is 9.90. The van der Waals surface area contributed by atoms with Gasteiger partial charge in [-0.3, -0.25) is 0 Å². The van der Waals surface area contributed by atoms with E-state index in [1.807, 2.05) is 0 Å². The third kappa shape index (κ3) is 2.66. The summed E-state index contributed by atoms with van der Waals surface area (Å²) in [6.45, 7) is 0. The molecule has 0 rings (SSSR count). The minimum absolute atomic E-state index is 3.79. The second kappa shape index (κ2) is 2.50. The summed E-state index contributed by atoms with van der Waals surface area (Å²) >= 11 is 0. The number of aliphatic hydroxyl groups excluding tert-OH is 1. The van der Waals surface area contributed by atoms with E-state index in [1.165, 1.54) is 0 Å². The lowest BCUT2D eigenvalue weighted by molar-refractivity contribution is -0.335. The predicted molar refractivity (Wildman–Crippen MR) is 19.7 cm³/mol. The van der Waals surface area contributed by atoms with Crippen LogP contribution in [-0.2, 0) is 4.57 Å². The lowest BCUT2D eigenvalue weighted by atomic mass is 10.7. The molecule has 0 aromatic heterocycles. The van der Waals surface area contributed by atoms with Crippen molar-refractivity contribution in [3.8, 4) is 0 Å². The van der Waals surface area contributed by atoms with Crippen LogP contribution in [0.3, 0.4) is 0 Å². The molecule has 0 radical (unpaired) electrons. The van der Waals surface area contributed by atoms with Gasteiger partial charge in [-0.25, -0.2) is 0 Å². The van der Waals surface area contributed by atoms with Crippen LogP contribution in [0, 0.1) is 0 Å². The second-order valence-corrected chi connectivity index (χ2v) is 3.02. The molecule has 8 heteroatoms. The number of hydrogen-bond donors (Lipinski definition) is 1. The van der Waals surface area contributed by atoms with Crippen molar-refractivity contribution in [1.82, 2.24) is 0 Å². The SMILES string of the molecule is O=P([O-])([O-])C(O)C(F)(F)F. The third-order valence-electron chi connectivity index (χ3n) is 0.592. The van der Waals surface area contributed by atoms with Gasteiger partial charge in [-0.05, 0) is 7.60 Å². The monoisotopic (exact) mass is 178 g/mol. The lowest BCUT2D eigenvalue weighted by Crippen LogP contribution is -2.37. The molecule has 10 heavy (non-hydrogen) atoms. The summed E-state index contributed by atoms with van der Waals surface area (Å²) in [4.78, 5) is 19.0. The van der Waals surface area contributed by atoms with E-state index in [1.54, 1.807) is 0 Å². The predicted octanol–water partition coefficient (Wildman–Crippen LogP) is -1.22. The zero-order chi connectivity index (χ0) is 8.58. The first-order valence-corrected chi connectivity index (χ1v) is 3.53. The summed E-state index contributed by atoms with van der Waals surface area (Å²) in [5, 5.41) is 7.71. The normalized spacial score (nSPS) is 17.0. The molecule has 0 aromatic rings. The summed E-state index contributed by atoms with van der Waals surface area (Å²) in [6, 6.07) is 0. The molecule has 0 spiro atoms. The maximum Gasteiger partial charge on any atom is 0.419 e. The Hall–Kier alpha value is -0.100. The van der Waals surface area contributed by atoms with Gasteiger partial charge in [0.05, 0.1) is 0 Å². The fourth-order valence-corrected chi connectivity index (χ4v) is 0.538. The molecule has 0 saturated carbocycles. The topological polar surface area (TPSA) is 83.4 Å². The summed E-state index contributed by atoms with van der Waals surface area (Å²) in [6.07, 6.45) is -5.39. The van der Waals surface area contributed by atoms with Crippen molar-refractivity contribution in [3.05, 3.63) is 0 Å². The molecule has 1 N–H and O–H groups in total. The number of aliphatic hydroxyl groups is 1. The molecule has 0 aromatic carbocycles. The van der Waals surface area contributed by atoms with Crippen LogP contribution in [0.15, 0.2) is 0 Å². The van der Waals surface area contributed by atoms with E-state index in [-0.39, 0.29) is 0 Å². The average Bonchev–Trinajstić information content (AvgIpc) is 1.59. The third-order valence-corrected chi connectivity index (χ3v) is 1.48. The molecular formula is C2H2F3O4P-2. The fourth-order valence-electron chi connectivity index (χ4n) is 0.179. The molecule has 1 atom stereocenters. The van der Waals surface area contributed by atoms with Crippen molar-refractivity contribution in [2.24, 2.45) is 0 Å². The van der Waals surface area contributed by atoms with Crippen molar-refractivity contribution in [1.29, 1.82) is 0 Å². The first-order chi connectivity index (χ1) is 4.15. The van der Waals surface area contributed by atoms with Crippen LogP contribution in [0.1, 0.15) is 0 Å². The Bertz CT molecular complexity index is 158. The van der Waals surface area contributed by atoms with E-state index in [0.29, 0.717) is 0 Å². The minimum Gasteiger partial charge on any atom is -0.809 e. The molecule has 0 aliphatic carbocycles. The second-order valence-electron chi connectivity index (χ2n) is 1.46. The van der Waals surface area contributed by atoms with Gasteiger partial charge in [0.2, 0.25) is 0 Å². The summed E-state index contributed by atoms with van der Waals surface area (Å²) in [5.74, 6) is -3.79. The van der Waals surface area contributed by atoms with Crippen LogP contribution in [0.5, 0.6) is 0 Å². The molecule has 0 heterocycles. The maximum absolute atomic E-state index is 11.1. The standard InChI is InChI=1S/C2H4F3O4P/c3-2(4,5)1(6)10(7,8)9/h1,6H,(H2,7,8,9)/p-2. The van der Waals surface area contributed by atoms with Gasteiger partial charge in [0.1, 0.15) is 0 Å². The minimum atomic E-state index is -5.95. The van der Waals surface area contributed by atoms with E-state index >= 15 is 0 Å². The van der Waals surface area contributed by atoms with Crippen molar-refractivity contribution in [3.63, 3.8) is 0 Å². The van der Waals surface area contributed by atoms with Crippen LogP contribution < -0.4 is 9.79 Å². The Morgan fingerprint density at radius 3 is 1.70 bits per heavy atom. The van der Waals surface area contributed by atoms with Crippen LogP contribution in [0.4, 0.5) is 13.2 Å². The molecule has 1 unspecified atom stereocenters. The zero-order valence-electron chi connectivity index (χ0n) is 4.33. The van der Waals surface area contributed by atoms with Crippen molar-refractivity contribution < 1.29 is 32.6 Å². The van der Waals surface area contributed by atoms with Gasteiger partial charge in [0.15, 0.2) is 5.85 Å². The van der Waals surface area contributed by atoms with Crippen molar-refractivity contribution >= 4 is 7.60 Å². The molecule has 0 aliphatic rings. The zero-order valence-corrected chi connectivity index (χ0v) is 5.22. The Kier molecular flexibility index (Phi) is 2.48. The van der Waals surface area contributed by atoms with E-state index in [4.69, 9.17) is 5.11 Å². The van der Waals surface area contributed by atoms with Gasteiger partial charge in [-0.15, -0.1) is 0 Å². The van der Waals surface area contributed by atoms with Crippen LogP contribution in [0.25, 0.3) is 0 Å². The largest absolute Gasteiger partial charge is 0.809 e. The van der Waals surface area contributed by atoms with E-state index in [2.05, 4.69) is 0 Å². The Morgan fingerprint density at radius 2 is 1.70 bits per heavy atom. The van der Waals surface area contributed by atoms with Crippen molar-refractivity contribution in [2.45, 2.75) is 12.0 Å². The van der Waals surface area contributed by atoms with E-state index in [0.717, 1.165) is 0 Å². The molecule has 0 amide bonds. The van der Waals surface area contributed by atoms with Crippen LogP contribution in [-0.4, -0.2) is 17.1 Å². The van der Waals surface area contributed by atoms with Gasteiger partial charge in [0, 0.05) is 0 Å². The smallest absolute Gasteiger partial charge is 0.419 e. The fraction of sp³-hybridized carbons (Fsp3) is 1.00. The molecule has 0 aliphatic heterocycles. The van der Waals surface area contributed by atoms with Crippen LogP contribution in [0.2, 0.25) is 0 Å². The number of alkyl halides is 3. The summed E-state index contributed by atoms with van der Waals surface area (Å²) in [7, 11) is -5.95. The first-order valence-electron chi connectivity index (χ1n) is 1.92. The maximum atomic E-state index is 11.1. The molecular weight excluding hydrogens is 176 g/mol. The number of halogens is 3. The molecule has 0 bridgehead atoms. The highest BCUT2D eigenvalue weighted by molar-refractivity contribution is 7.49. The van der Waals surface area contributed by atoms with Crippen LogP contribution >= 0.6 is 7.60 Å². The molecule has 0 fully saturated rings. The highest BCUT2D eigenvalue weighted by Crippen LogP contribution is 2.40. The van der Waals surface area contributed by atoms with Gasteiger partial charge in [0.25, 0.3) is 0 Å².